The van der Waals surface area contributed by atoms with Crippen LogP contribution in [0, 0.1) is 0 Å². The van der Waals surface area contributed by atoms with Crippen LogP contribution in [-0.2, 0) is 23.2 Å². The molecule has 0 aliphatic carbocycles. The molecule has 4 aromatic rings. The molecule has 1 aromatic carbocycles. The number of aromatic nitrogens is 4. The number of esters is 1. The summed E-state index contributed by atoms with van der Waals surface area (Å²) in [5.74, 6) is 0.482. The van der Waals surface area contributed by atoms with Crippen molar-refractivity contribution < 1.29 is 14.3 Å². The van der Waals surface area contributed by atoms with E-state index in [1.165, 1.54) is 22.0 Å². The normalized spacial score (nSPS) is 12.4. The summed E-state index contributed by atoms with van der Waals surface area (Å²) in [7, 11) is 1.62. The van der Waals surface area contributed by atoms with E-state index in [0.29, 0.717) is 37.6 Å². The zero-order valence-electron chi connectivity index (χ0n) is 15.3. The fourth-order valence-corrected chi connectivity index (χ4v) is 4.11. The van der Waals surface area contributed by atoms with Gasteiger partial charge in [0.25, 0.3) is 5.56 Å². The Morgan fingerprint density at radius 2 is 2.07 bits per heavy atom. The number of hydrogen-bond acceptors (Lipinski definition) is 7. The molecule has 0 amide bonds. The minimum absolute atomic E-state index is 0.134. The minimum Gasteiger partial charge on any atom is -0.477 e. The molecule has 0 aliphatic rings. The lowest BCUT2D eigenvalue weighted by atomic mass is 10.3. The smallest absolute Gasteiger partial charge is 0.347 e. The molecule has 1 atom stereocenters. The molecule has 29 heavy (non-hydrogen) atoms. The van der Waals surface area contributed by atoms with E-state index in [1.54, 1.807) is 36.6 Å². The van der Waals surface area contributed by atoms with Gasteiger partial charge in [-0.1, -0.05) is 23.2 Å². The first-order valence-electron chi connectivity index (χ1n) is 8.45. The molecule has 11 heteroatoms. The van der Waals surface area contributed by atoms with Gasteiger partial charge in [-0.05, 0) is 36.6 Å². The number of hydrogen-bond donors (Lipinski definition) is 0. The van der Waals surface area contributed by atoms with Crippen molar-refractivity contribution in [1.29, 1.82) is 0 Å². The third-order valence-corrected chi connectivity index (χ3v) is 5.69. The Balaban J connectivity index is 1.54. The maximum absolute atomic E-state index is 12.4. The van der Waals surface area contributed by atoms with Gasteiger partial charge in [-0.15, -0.1) is 21.5 Å². The maximum Gasteiger partial charge on any atom is 0.347 e. The molecule has 4 rings (SSSR count). The van der Waals surface area contributed by atoms with E-state index in [1.807, 2.05) is 5.38 Å². The van der Waals surface area contributed by atoms with Crippen molar-refractivity contribution in [3.63, 3.8) is 0 Å². The molecule has 3 aromatic heterocycles. The predicted octanol–water partition coefficient (Wildman–Crippen LogP) is 3.46. The third kappa shape index (κ3) is 3.57. The Morgan fingerprint density at radius 3 is 2.83 bits per heavy atom. The van der Waals surface area contributed by atoms with Crippen LogP contribution < -0.4 is 10.3 Å². The molecule has 0 saturated heterocycles. The maximum atomic E-state index is 12.4. The van der Waals surface area contributed by atoms with Gasteiger partial charge in [-0.3, -0.25) is 13.8 Å². The Morgan fingerprint density at radius 1 is 1.28 bits per heavy atom. The van der Waals surface area contributed by atoms with Crippen LogP contribution in [0.25, 0.3) is 16.0 Å². The SMILES string of the molecule is CC(Oc1ccc(Cl)cc1Cl)C(=O)OCc1nnc2n(C)c(=O)c3sccc3n12. The third-order valence-electron chi connectivity index (χ3n) is 4.27. The molecule has 0 aliphatic heterocycles. The van der Waals surface area contributed by atoms with E-state index in [9.17, 15) is 9.59 Å². The van der Waals surface area contributed by atoms with E-state index in [2.05, 4.69) is 10.2 Å². The lowest BCUT2D eigenvalue weighted by Gasteiger charge is -2.15. The highest BCUT2D eigenvalue weighted by Gasteiger charge is 2.21. The van der Waals surface area contributed by atoms with Crippen molar-refractivity contribution in [2.24, 2.45) is 7.05 Å². The second kappa shape index (κ2) is 7.66. The number of thiophene rings is 1. The number of carbonyl (C=O) groups is 1. The van der Waals surface area contributed by atoms with Gasteiger partial charge in [0.15, 0.2) is 18.5 Å². The molecule has 0 spiro atoms. The quantitative estimate of drug-likeness (QED) is 0.430. The summed E-state index contributed by atoms with van der Waals surface area (Å²) >= 11 is 13.2. The standard InChI is InChI=1S/C18H14Cl2N4O4S/c1-9(28-13-4-3-10(19)7-11(13)20)17(26)27-8-14-21-22-18-23(2)16(25)15-12(24(14)18)5-6-29-15/h3-7,9H,8H2,1-2H3. The highest BCUT2D eigenvalue weighted by molar-refractivity contribution is 7.17. The summed E-state index contributed by atoms with van der Waals surface area (Å²) in [6, 6.07) is 6.51. The number of halogens is 2. The second-order valence-electron chi connectivity index (χ2n) is 6.19. The van der Waals surface area contributed by atoms with Crippen LogP contribution in [0.5, 0.6) is 5.75 Å². The monoisotopic (exact) mass is 452 g/mol. The lowest BCUT2D eigenvalue weighted by Crippen LogP contribution is -2.26. The lowest BCUT2D eigenvalue weighted by molar-refractivity contribution is -0.152. The number of nitrogens with zero attached hydrogens (tertiary/aromatic N) is 4. The summed E-state index contributed by atoms with van der Waals surface area (Å²) in [4.78, 5) is 24.7. The van der Waals surface area contributed by atoms with Gasteiger partial charge in [0, 0.05) is 12.1 Å². The summed E-state index contributed by atoms with van der Waals surface area (Å²) in [6.45, 7) is 1.42. The Kier molecular flexibility index (Phi) is 5.20. The van der Waals surface area contributed by atoms with Gasteiger partial charge < -0.3 is 9.47 Å². The summed E-state index contributed by atoms with van der Waals surface area (Å²) in [5.41, 5.74) is 0.515. The van der Waals surface area contributed by atoms with E-state index in [-0.39, 0.29) is 12.2 Å². The summed E-state index contributed by atoms with van der Waals surface area (Å²) in [5, 5.41) is 10.7. The van der Waals surface area contributed by atoms with Crippen LogP contribution in [0.2, 0.25) is 10.0 Å². The molecular weight excluding hydrogens is 439 g/mol. The predicted molar refractivity (Wildman–Crippen MR) is 110 cm³/mol. The molecule has 0 N–H and O–H groups in total. The zero-order valence-corrected chi connectivity index (χ0v) is 17.6. The van der Waals surface area contributed by atoms with Crippen LogP contribution >= 0.6 is 34.5 Å². The van der Waals surface area contributed by atoms with Gasteiger partial charge in [-0.2, -0.15) is 0 Å². The average molecular weight is 453 g/mol. The molecule has 0 saturated carbocycles. The summed E-state index contributed by atoms with van der Waals surface area (Å²) < 4.78 is 14.6. The van der Waals surface area contributed by atoms with Crippen molar-refractivity contribution >= 4 is 56.5 Å². The van der Waals surface area contributed by atoms with Gasteiger partial charge >= 0.3 is 5.97 Å². The van der Waals surface area contributed by atoms with Crippen LogP contribution in [0.4, 0.5) is 0 Å². The minimum atomic E-state index is -0.904. The Hall–Kier alpha value is -2.62. The van der Waals surface area contributed by atoms with Crippen molar-refractivity contribution in [1.82, 2.24) is 19.2 Å². The van der Waals surface area contributed by atoms with Crippen LogP contribution in [0.1, 0.15) is 12.7 Å². The van der Waals surface area contributed by atoms with Gasteiger partial charge in [0.1, 0.15) is 10.4 Å². The topological polar surface area (TPSA) is 87.7 Å². The molecule has 8 nitrogen and oxygen atoms in total. The molecule has 0 radical (unpaired) electrons. The van der Waals surface area contributed by atoms with Gasteiger partial charge in [0.05, 0.1) is 10.5 Å². The number of aryl methyl sites for hydroxylation is 1. The fourth-order valence-electron chi connectivity index (χ4n) is 2.81. The van der Waals surface area contributed by atoms with Crippen molar-refractivity contribution in [3.05, 3.63) is 55.9 Å². The molecule has 3 heterocycles. The van der Waals surface area contributed by atoms with E-state index in [0.717, 1.165) is 0 Å². The largest absolute Gasteiger partial charge is 0.477 e. The number of carbonyl (C=O) groups excluding carboxylic acids is 1. The number of benzene rings is 1. The number of ether oxygens (including phenoxy) is 2. The fraction of sp³-hybridized carbons (Fsp3) is 0.222. The molecule has 1 unspecified atom stereocenters. The van der Waals surface area contributed by atoms with Crippen LogP contribution in [-0.4, -0.2) is 31.2 Å². The van der Waals surface area contributed by atoms with E-state index in [4.69, 9.17) is 32.7 Å². The van der Waals surface area contributed by atoms with Crippen molar-refractivity contribution in [3.8, 4) is 5.75 Å². The molecule has 0 fully saturated rings. The molecule has 0 bridgehead atoms. The van der Waals surface area contributed by atoms with Crippen LogP contribution in [0.15, 0.2) is 34.4 Å². The Bertz CT molecular complexity index is 1300. The van der Waals surface area contributed by atoms with Gasteiger partial charge in [0.2, 0.25) is 5.78 Å². The molecular formula is C18H14Cl2N4O4S. The highest BCUT2D eigenvalue weighted by Crippen LogP contribution is 2.28. The average Bonchev–Trinajstić information content (AvgIpc) is 3.33. The number of rotatable bonds is 5. The van der Waals surface area contributed by atoms with Crippen molar-refractivity contribution in [2.45, 2.75) is 19.6 Å². The highest BCUT2D eigenvalue weighted by atomic mass is 35.5. The second-order valence-corrected chi connectivity index (χ2v) is 7.95. The van der Waals surface area contributed by atoms with E-state index >= 15 is 0 Å². The molecule has 150 valence electrons. The first kappa shape index (κ1) is 19.7. The first-order valence-corrected chi connectivity index (χ1v) is 10.1. The van der Waals surface area contributed by atoms with Crippen molar-refractivity contribution in [2.75, 3.05) is 0 Å². The Labute approximate surface area is 178 Å². The number of fused-ring (bicyclic) bond motifs is 3. The van der Waals surface area contributed by atoms with Crippen LogP contribution in [0.3, 0.4) is 0 Å². The summed E-state index contributed by atoms with van der Waals surface area (Å²) in [6.07, 6.45) is -0.904. The first-order chi connectivity index (χ1) is 13.9. The van der Waals surface area contributed by atoms with Gasteiger partial charge in [-0.25, -0.2) is 4.79 Å². The zero-order chi connectivity index (χ0) is 20.7. The van der Waals surface area contributed by atoms with E-state index < -0.39 is 12.1 Å².